The average molecular weight is 486 g/mol. The molecule has 0 unspecified atom stereocenters. The number of aliphatic hydroxyl groups excluding tert-OH is 1. The summed E-state index contributed by atoms with van der Waals surface area (Å²) in [6.07, 6.45) is 9.58. The number of aromatic amines is 1. The second-order valence-electron chi connectivity index (χ2n) is 8.21. The lowest BCUT2D eigenvalue weighted by Gasteiger charge is -2.17. The third-order valence-corrected chi connectivity index (χ3v) is 5.87. The lowest BCUT2D eigenvalue weighted by atomic mass is 9.97. The van der Waals surface area contributed by atoms with E-state index < -0.39 is 42.1 Å². The van der Waals surface area contributed by atoms with E-state index in [1.165, 1.54) is 10.9 Å². The van der Waals surface area contributed by atoms with Gasteiger partial charge in [0.1, 0.15) is 5.69 Å². The predicted octanol–water partition coefficient (Wildman–Crippen LogP) is 1.99. The van der Waals surface area contributed by atoms with Crippen LogP contribution in [0.2, 0.25) is 0 Å². The lowest BCUT2D eigenvalue weighted by Crippen LogP contribution is -2.31. The summed E-state index contributed by atoms with van der Waals surface area (Å²) in [5.74, 6) is -3.60. The largest absolute Gasteiger partial charge is 0.394 e. The number of rotatable bonds is 9. The number of nitrogens with zero attached hydrogens (tertiary/aromatic N) is 3. The minimum Gasteiger partial charge on any atom is -0.394 e. The number of amides is 2. The summed E-state index contributed by atoms with van der Waals surface area (Å²) < 4.78 is 28.1. The van der Waals surface area contributed by atoms with E-state index in [1.807, 2.05) is 12.3 Å². The van der Waals surface area contributed by atoms with Crippen LogP contribution < -0.4 is 10.8 Å². The van der Waals surface area contributed by atoms with Crippen molar-refractivity contribution in [1.29, 1.82) is 0 Å². The summed E-state index contributed by atoms with van der Waals surface area (Å²) in [6.45, 7) is -0.536. The van der Waals surface area contributed by atoms with Gasteiger partial charge in [-0.05, 0) is 48.6 Å². The molecule has 1 aliphatic carbocycles. The van der Waals surface area contributed by atoms with Gasteiger partial charge in [0.2, 0.25) is 5.91 Å². The summed E-state index contributed by atoms with van der Waals surface area (Å²) in [6, 6.07) is 1.19. The fourth-order valence-corrected chi connectivity index (χ4v) is 4.03. The maximum Gasteiger partial charge on any atom is 0.252 e. The Hall–Kier alpha value is -3.90. The molecule has 0 fully saturated rings. The van der Waals surface area contributed by atoms with E-state index in [9.17, 15) is 23.5 Å². The van der Waals surface area contributed by atoms with Gasteiger partial charge in [-0.15, -0.1) is 5.10 Å². The first-order chi connectivity index (χ1) is 16.9. The molecule has 0 radical (unpaired) electrons. The number of benzene rings is 1. The van der Waals surface area contributed by atoms with Crippen molar-refractivity contribution in [3.8, 4) is 0 Å². The number of carbonyl (C=O) groups excluding carboxylic acids is 2. The van der Waals surface area contributed by atoms with Gasteiger partial charge in [0.25, 0.3) is 5.91 Å². The number of aromatic nitrogens is 4. The molecule has 2 amide bonds. The van der Waals surface area contributed by atoms with Crippen LogP contribution in [0.25, 0.3) is 6.08 Å². The van der Waals surface area contributed by atoms with E-state index in [1.54, 1.807) is 5.48 Å². The molecular weight excluding hydrogens is 462 g/mol. The number of fused-ring (bicyclic) bond motifs is 1. The molecule has 4 rings (SSSR count). The van der Waals surface area contributed by atoms with Crippen molar-refractivity contribution in [2.75, 3.05) is 6.61 Å². The number of aryl methyl sites for hydroxylation is 1. The molecule has 3 aromatic rings. The third-order valence-electron chi connectivity index (χ3n) is 5.87. The number of aliphatic hydroxyl groups is 1. The van der Waals surface area contributed by atoms with Crippen LogP contribution >= 0.6 is 0 Å². The zero-order valence-electron chi connectivity index (χ0n) is 18.5. The lowest BCUT2D eigenvalue weighted by molar-refractivity contribution is -0.130. The molecule has 0 saturated carbocycles. The monoisotopic (exact) mass is 486 g/mol. The molecule has 2 atom stereocenters. The summed E-state index contributed by atoms with van der Waals surface area (Å²) in [5, 5.41) is 29.5. The number of allylic oxidation sites excluding steroid dienone is 1. The van der Waals surface area contributed by atoms with Gasteiger partial charge in [-0.2, -0.15) is 0 Å². The van der Waals surface area contributed by atoms with Crippen LogP contribution in [0.5, 0.6) is 0 Å². The normalized spacial score (nSPS) is 14.3. The quantitative estimate of drug-likeness (QED) is 0.231. The highest BCUT2D eigenvalue weighted by atomic mass is 19.2. The number of H-pyrrole nitrogens is 1. The summed E-state index contributed by atoms with van der Waals surface area (Å²) in [5.41, 5.74) is 4.82. The summed E-state index contributed by atoms with van der Waals surface area (Å²) >= 11 is 0. The second kappa shape index (κ2) is 10.6. The molecular formula is C23H24F2N6O4. The highest BCUT2D eigenvalue weighted by Crippen LogP contribution is 2.27. The molecule has 5 N–H and O–H groups in total. The van der Waals surface area contributed by atoms with Gasteiger partial charge in [0.15, 0.2) is 11.6 Å². The molecule has 0 bridgehead atoms. The van der Waals surface area contributed by atoms with E-state index in [0.29, 0.717) is 6.42 Å². The number of hydrogen-bond donors (Lipinski definition) is 5. The van der Waals surface area contributed by atoms with Crippen LogP contribution in [0.4, 0.5) is 8.78 Å². The number of carbonyl (C=O) groups is 2. The van der Waals surface area contributed by atoms with Gasteiger partial charge in [-0.1, -0.05) is 17.4 Å². The SMILES string of the molecule is O=C(C[C@@H](Cc1c[nH]c2c1C=CCC2)n1cc([C@H](CO)NC(=O)c2ccc(F)c(F)c2)nn1)NO. The van der Waals surface area contributed by atoms with Gasteiger partial charge in [0, 0.05) is 17.5 Å². The maximum absolute atomic E-state index is 13.5. The van der Waals surface area contributed by atoms with Gasteiger partial charge in [0.05, 0.1) is 31.3 Å². The molecule has 0 saturated heterocycles. The van der Waals surface area contributed by atoms with Crippen molar-refractivity contribution in [3.05, 3.63) is 76.4 Å². The molecule has 2 aromatic heterocycles. The second-order valence-corrected chi connectivity index (χ2v) is 8.21. The number of nitrogens with one attached hydrogen (secondary N) is 3. The van der Waals surface area contributed by atoms with Crippen LogP contribution in [-0.4, -0.2) is 48.7 Å². The zero-order chi connectivity index (χ0) is 24.9. The Kier molecular flexibility index (Phi) is 7.32. The molecule has 1 aliphatic rings. The Bertz CT molecular complexity index is 1250. The molecule has 184 valence electrons. The van der Waals surface area contributed by atoms with Crippen LogP contribution in [0.1, 0.15) is 57.8 Å². The van der Waals surface area contributed by atoms with Crippen molar-refractivity contribution in [1.82, 2.24) is 30.8 Å². The Labute approximate surface area is 198 Å². The summed E-state index contributed by atoms with van der Waals surface area (Å²) in [7, 11) is 0. The Balaban J connectivity index is 1.54. The first-order valence-electron chi connectivity index (χ1n) is 11.0. The van der Waals surface area contributed by atoms with E-state index in [4.69, 9.17) is 5.21 Å². The zero-order valence-corrected chi connectivity index (χ0v) is 18.5. The smallest absolute Gasteiger partial charge is 0.252 e. The fourth-order valence-electron chi connectivity index (χ4n) is 4.03. The van der Waals surface area contributed by atoms with Gasteiger partial charge in [-0.25, -0.2) is 18.9 Å². The Morgan fingerprint density at radius 2 is 2.09 bits per heavy atom. The Morgan fingerprint density at radius 3 is 2.83 bits per heavy atom. The first kappa shape index (κ1) is 24.2. The number of halogens is 2. The minimum absolute atomic E-state index is 0.103. The molecule has 35 heavy (non-hydrogen) atoms. The van der Waals surface area contributed by atoms with Crippen molar-refractivity contribution < 1.29 is 28.7 Å². The maximum atomic E-state index is 13.5. The van der Waals surface area contributed by atoms with E-state index in [2.05, 4.69) is 26.7 Å². The first-order valence-corrected chi connectivity index (χ1v) is 11.0. The molecule has 2 heterocycles. The van der Waals surface area contributed by atoms with Gasteiger partial charge >= 0.3 is 0 Å². The summed E-state index contributed by atoms with van der Waals surface area (Å²) in [4.78, 5) is 27.7. The van der Waals surface area contributed by atoms with Crippen LogP contribution in [-0.2, 0) is 17.6 Å². The highest BCUT2D eigenvalue weighted by Gasteiger charge is 2.24. The van der Waals surface area contributed by atoms with E-state index in [0.717, 1.165) is 47.9 Å². The topological polar surface area (TPSA) is 145 Å². The Morgan fingerprint density at radius 1 is 1.26 bits per heavy atom. The van der Waals surface area contributed by atoms with Gasteiger partial charge in [-0.3, -0.25) is 14.8 Å². The third kappa shape index (κ3) is 5.44. The van der Waals surface area contributed by atoms with Crippen LogP contribution in [0.3, 0.4) is 0 Å². The van der Waals surface area contributed by atoms with E-state index >= 15 is 0 Å². The minimum atomic E-state index is -1.17. The van der Waals surface area contributed by atoms with Crippen molar-refractivity contribution >= 4 is 17.9 Å². The predicted molar refractivity (Wildman–Crippen MR) is 119 cm³/mol. The van der Waals surface area contributed by atoms with Gasteiger partial charge < -0.3 is 15.4 Å². The fraction of sp³-hybridized carbons (Fsp3) is 0.304. The van der Waals surface area contributed by atoms with Crippen molar-refractivity contribution in [2.45, 2.75) is 37.8 Å². The van der Waals surface area contributed by atoms with E-state index in [-0.39, 0.29) is 17.7 Å². The molecule has 0 aliphatic heterocycles. The molecule has 1 aromatic carbocycles. The van der Waals surface area contributed by atoms with Crippen molar-refractivity contribution in [2.24, 2.45) is 0 Å². The number of hydroxylamine groups is 1. The van der Waals surface area contributed by atoms with Crippen molar-refractivity contribution in [3.63, 3.8) is 0 Å². The molecule has 10 nitrogen and oxygen atoms in total. The molecule has 0 spiro atoms. The van der Waals surface area contributed by atoms with Crippen LogP contribution in [0.15, 0.2) is 36.7 Å². The average Bonchev–Trinajstić information content (AvgIpc) is 3.51. The van der Waals surface area contributed by atoms with Crippen LogP contribution in [0, 0.1) is 11.6 Å². The number of hydrogen-bond acceptors (Lipinski definition) is 6. The molecule has 12 heteroatoms. The highest BCUT2D eigenvalue weighted by molar-refractivity contribution is 5.94. The standard InChI is InChI=1S/C23H24F2N6O4/c24-17-6-5-13(8-18(17)25)23(34)27-21(12-32)20-11-31(30-28-20)15(9-22(33)29-35)7-14-10-26-19-4-2-1-3-16(14)19/h1,3,5-6,8,10-11,15,21,26,32,35H,2,4,7,9,12H2,(H,27,34)(H,29,33)/t15-,21+/m1/s1.